The zero-order chi connectivity index (χ0) is 13.2. The van der Waals surface area contributed by atoms with E-state index >= 15 is 0 Å². The number of benzene rings is 1. The van der Waals surface area contributed by atoms with Crippen molar-refractivity contribution in [1.29, 1.82) is 0 Å². The molecule has 0 radical (unpaired) electrons. The Bertz CT molecular complexity index is 703. The number of fused-ring (bicyclic) bond motifs is 1. The zero-order valence-electron chi connectivity index (χ0n) is 10.6. The van der Waals surface area contributed by atoms with Crippen molar-refractivity contribution >= 4 is 11.5 Å². The molecule has 2 N–H and O–H groups in total. The largest absolute Gasteiger partial charge is 0.486 e. The van der Waals surface area contributed by atoms with E-state index in [1.807, 2.05) is 43.3 Å². The van der Waals surface area contributed by atoms with Crippen LogP contribution < -0.4 is 10.5 Å². The van der Waals surface area contributed by atoms with Crippen LogP contribution in [0.1, 0.15) is 11.4 Å². The fraction of sp³-hybridized carbons (Fsp3) is 0.143. The van der Waals surface area contributed by atoms with Gasteiger partial charge >= 0.3 is 0 Å². The topological polar surface area (TPSA) is 65.4 Å². The van der Waals surface area contributed by atoms with Crippen molar-refractivity contribution in [2.45, 2.75) is 13.5 Å². The van der Waals surface area contributed by atoms with Crippen molar-refractivity contribution in [3.8, 4) is 5.75 Å². The predicted molar refractivity (Wildman–Crippen MR) is 72.9 cm³/mol. The van der Waals surface area contributed by atoms with Gasteiger partial charge in [0.2, 0.25) is 0 Å². The summed E-state index contributed by atoms with van der Waals surface area (Å²) >= 11 is 0. The third-order valence-electron chi connectivity index (χ3n) is 2.82. The van der Waals surface area contributed by atoms with E-state index in [4.69, 9.17) is 10.5 Å². The van der Waals surface area contributed by atoms with Gasteiger partial charge in [-0.2, -0.15) is 4.52 Å². The molecule has 0 unspecified atom stereocenters. The molecular formula is C14H14N4O. The number of hydrogen-bond donors (Lipinski definition) is 1. The quantitative estimate of drug-likeness (QED) is 0.778. The van der Waals surface area contributed by atoms with Gasteiger partial charge in [-0.3, -0.25) is 0 Å². The van der Waals surface area contributed by atoms with Gasteiger partial charge in [-0.1, -0.05) is 23.8 Å². The van der Waals surface area contributed by atoms with Crippen molar-refractivity contribution in [3.63, 3.8) is 0 Å². The molecule has 0 aliphatic rings. The van der Waals surface area contributed by atoms with Gasteiger partial charge in [-0.05, 0) is 31.2 Å². The molecule has 0 atom stereocenters. The Morgan fingerprint density at radius 2 is 1.95 bits per heavy atom. The Hall–Kier alpha value is -2.56. The Morgan fingerprint density at radius 3 is 2.68 bits per heavy atom. The molecule has 2 aromatic heterocycles. The van der Waals surface area contributed by atoms with Crippen molar-refractivity contribution in [3.05, 3.63) is 53.9 Å². The minimum atomic E-state index is 0.324. The molecule has 0 spiro atoms. The summed E-state index contributed by atoms with van der Waals surface area (Å²) in [6.45, 7) is 2.36. The van der Waals surface area contributed by atoms with E-state index < -0.39 is 0 Å². The fourth-order valence-corrected chi connectivity index (χ4v) is 1.81. The first-order chi connectivity index (χ1) is 9.22. The summed E-state index contributed by atoms with van der Waals surface area (Å²) in [5.74, 6) is 1.97. The average Bonchev–Trinajstić information content (AvgIpc) is 2.83. The average molecular weight is 254 g/mol. The highest BCUT2D eigenvalue weighted by atomic mass is 16.5. The highest BCUT2D eigenvalue weighted by molar-refractivity contribution is 5.45. The van der Waals surface area contributed by atoms with Gasteiger partial charge in [-0.15, -0.1) is 5.10 Å². The first kappa shape index (κ1) is 11.5. The lowest BCUT2D eigenvalue weighted by Gasteiger charge is -2.03. The van der Waals surface area contributed by atoms with Crippen molar-refractivity contribution in [2.24, 2.45) is 0 Å². The lowest BCUT2D eigenvalue weighted by Crippen LogP contribution is -2.00. The van der Waals surface area contributed by atoms with E-state index in [0.29, 0.717) is 18.2 Å². The summed E-state index contributed by atoms with van der Waals surface area (Å²) in [7, 11) is 0. The summed E-state index contributed by atoms with van der Waals surface area (Å²) < 4.78 is 7.24. The molecule has 3 aromatic rings. The van der Waals surface area contributed by atoms with Crippen LogP contribution in [0.25, 0.3) is 5.65 Å². The Labute approximate surface area is 110 Å². The van der Waals surface area contributed by atoms with Crippen LogP contribution in [-0.4, -0.2) is 14.6 Å². The Kier molecular flexibility index (Phi) is 2.79. The summed E-state index contributed by atoms with van der Waals surface area (Å²) in [4.78, 5) is 4.35. The van der Waals surface area contributed by atoms with Gasteiger partial charge in [0.1, 0.15) is 18.2 Å². The maximum Gasteiger partial charge on any atom is 0.189 e. The summed E-state index contributed by atoms with van der Waals surface area (Å²) in [5, 5.41) is 4.30. The molecule has 0 aliphatic carbocycles. The second-order valence-corrected chi connectivity index (χ2v) is 4.35. The summed E-state index contributed by atoms with van der Waals surface area (Å²) in [6.07, 6.45) is 0. The number of rotatable bonds is 3. The van der Waals surface area contributed by atoms with E-state index in [-0.39, 0.29) is 0 Å². The van der Waals surface area contributed by atoms with Crippen LogP contribution in [0.15, 0.2) is 42.5 Å². The van der Waals surface area contributed by atoms with Gasteiger partial charge in [0, 0.05) is 0 Å². The number of ether oxygens (including phenoxy) is 1. The van der Waals surface area contributed by atoms with Gasteiger partial charge < -0.3 is 10.5 Å². The van der Waals surface area contributed by atoms with Crippen molar-refractivity contribution in [1.82, 2.24) is 14.6 Å². The molecule has 0 fully saturated rings. The second kappa shape index (κ2) is 4.61. The number of anilines is 1. The van der Waals surface area contributed by atoms with E-state index in [9.17, 15) is 0 Å². The van der Waals surface area contributed by atoms with Crippen LogP contribution in [0.4, 0.5) is 5.82 Å². The second-order valence-electron chi connectivity index (χ2n) is 4.35. The number of nitrogens with two attached hydrogens (primary N) is 1. The third-order valence-corrected chi connectivity index (χ3v) is 2.82. The van der Waals surface area contributed by atoms with Crippen LogP contribution in [0.3, 0.4) is 0 Å². The van der Waals surface area contributed by atoms with Crippen molar-refractivity contribution in [2.75, 3.05) is 5.73 Å². The molecule has 3 rings (SSSR count). The fourth-order valence-electron chi connectivity index (χ4n) is 1.81. The molecule has 0 bridgehead atoms. The molecule has 0 aliphatic heterocycles. The molecule has 5 nitrogen and oxygen atoms in total. The molecule has 0 amide bonds. The predicted octanol–water partition coefficient (Wildman–Crippen LogP) is 2.20. The van der Waals surface area contributed by atoms with Gasteiger partial charge in [0.25, 0.3) is 0 Å². The number of aryl methyl sites for hydroxylation is 1. The number of hydrogen-bond acceptors (Lipinski definition) is 4. The first-order valence-corrected chi connectivity index (χ1v) is 6.02. The number of nitrogen functional groups attached to an aromatic ring is 1. The highest BCUT2D eigenvalue weighted by Crippen LogP contribution is 2.13. The molecule has 19 heavy (non-hydrogen) atoms. The number of aromatic nitrogens is 3. The third kappa shape index (κ3) is 2.35. The van der Waals surface area contributed by atoms with E-state index in [2.05, 4.69) is 10.1 Å². The minimum Gasteiger partial charge on any atom is -0.486 e. The van der Waals surface area contributed by atoms with Gasteiger partial charge in [0.15, 0.2) is 11.5 Å². The Morgan fingerprint density at radius 1 is 1.16 bits per heavy atom. The molecular weight excluding hydrogens is 240 g/mol. The first-order valence-electron chi connectivity index (χ1n) is 6.02. The molecule has 5 heteroatoms. The Balaban J connectivity index is 1.78. The lowest BCUT2D eigenvalue weighted by atomic mass is 10.2. The zero-order valence-corrected chi connectivity index (χ0v) is 10.6. The maximum atomic E-state index is 5.81. The van der Waals surface area contributed by atoms with E-state index in [0.717, 1.165) is 11.4 Å². The summed E-state index contributed by atoms with van der Waals surface area (Å²) in [5.41, 5.74) is 7.74. The van der Waals surface area contributed by atoms with E-state index in [1.165, 1.54) is 5.56 Å². The highest BCUT2D eigenvalue weighted by Gasteiger charge is 2.05. The van der Waals surface area contributed by atoms with Crippen molar-refractivity contribution < 1.29 is 4.74 Å². The van der Waals surface area contributed by atoms with Crippen LogP contribution in [-0.2, 0) is 6.61 Å². The van der Waals surface area contributed by atoms with Crippen LogP contribution >= 0.6 is 0 Å². The standard InChI is InChI=1S/C14H14N4O/c1-10-5-7-11(8-6-10)19-9-13-16-14-4-2-3-12(15)18(14)17-13/h2-8H,9,15H2,1H3. The van der Waals surface area contributed by atoms with Crippen LogP contribution in [0.5, 0.6) is 5.75 Å². The molecule has 1 aromatic carbocycles. The van der Waals surface area contributed by atoms with Gasteiger partial charge in [-0.25, -0.2) is 4.98 Å². The summed E-state index contributed by atoms with van der Waals surface area (Å²) in [6, 6.07) is 13.4. The number of nitrogens with zero attached hydrogens (tertiary/aromatic N) is 3. The minimum absolute atomic E-state index is 0.324. The van der Waals surface area contributed by atoms with Gasteiger partial charge in [0.05, 0.1) is 0 Å². The monoisotopic (exact) mass is 254 g/mol. The molecule has 2 heterocycles. The molecule has 96 valence electrons. The maximum absolute atomic E-state index is 5.81. The van der Waals surface area contributed by atoms with Crippen LogP contribution in [0.2, 0.25) is 0 Å². The molecule has 0 saturated heterocycles. The lowest BCUT2D eigenvalue weighted by molar-refractivity contribution is 0.296. The van der Waals surface area contributed by atoms with E-state index in [1.54, 1.807) is 10.6 Å². The number of pyridine rings is 1. The molecule has 0 saturated carbocycles. The SMILES string of the molecule is Cc1ccc(OCc2nc3cccc(N)n3n2)cc1. The smallest absolute Gasteiger partial charge is 0.189 e. The van der Waals surface area contributed by atoms with Crippen LogP contribution in [0, 0.1) is 6.92 Å². The normalized spacial score (nSPS) is 10.8.